The molecule has 0 radical (unpaired) electrons. The van der Waals surface area contributed by atoms with Crippen molar-refractivity contribution in [2.75, 3.05) is 33.4 Å². The maximum atomic E-state index is 8.92. The summed E-state index contributed by atoms with van der Waals surface area (Å²) < 4.78 is 10.0. The maximum Gasteiger partial charge on any atom is 0.226 e. The Bertz CT molecular complexity index is 291. The molecule has 0 aromatic carbocycles. The number of hydrogen-bond acceptors (Lipinski definition) is 6. The summed E-state index contributed by atoms with van der Waals surface area (Å²) in [5.74, 6) is 1.30. The summed E-state index contributed by atoms with van der Waals surface area (Å²) in [4.78, 5) is 6.24. The molecular weight excluding hydrogens is 210 g/mol. The van der Waals surface area contributed by atoms with Crippen LogP contribution in [0.5, 0.6) is 0 Å². The highest BCUT2D eigenvalue weighted by atomic mass is 16.5. The van der Waals surface area contributed by atoms with Crippen molar-refractivity contribution in [2.24, 2.45) is 0 Å². The van der Waals surface area contributed by atoms with Crippen LogP contribution in [0, 0.1) is 0 Å². The van der Waals surface area contributed by atoms with Crippen LogP contribution in [0.3, 0.4) is 0 Å². The van der Waals surface area contributed by atoms with E-state index >= 15 is 0 Å². The Labute approximate surface area is 95.2 Å². The van der Waals surface area contributed by atoms with E-state index in [4.69, 9.17) is 14.4 Å². The minimum atomic E-state index is 0.113. The number of methoxy groups -OCH3 is 1. The van der Waals surface area contributed by atoms with Crippen molar-refractivity contribution in [3.63, 3.8) is 0 Å². The van der Waals surface area contributed by atoms with Gasteiger partial charge in [0.15, 0.2) is 5.82 Å². The molecule has 0 fully saturated rings. The molecular formula is C10H19N3O3. The second-order valence-electron chi connectivity index (χ2n) is 3.45. The van der Waals surface area contributed by atoms with Crippen LogP contribution in [-0.2, 0) is 17.7 Å². The standard InChI is InChI=1S/C10H19N3O3/c1-3-10-11-9(12-16-10)8-13(4-6-14)5-7-15-2/h14H,3-8H2,1-2H3. The third-order valence-electron chi connectivity index (χ3n) is 2.21. The van der Waals surface area contributed by atoms with Gasteiger partial charge in [-0.25, -0.2) is 0 Å². The molecule has 1 aromatic heterocycles. The molecule has 0 aliphatic rings. The molecule has 0 amide bonds. The van der Waals surface area contributed by atoms with E-state index in [1.165, 1.54) is 0 Å². The average molecular weight is 229 g/mol. The molecule has 0 spiro atoms. The molecule has 0 aliphatic carbocycles. The molecule has 1 heterocycles. The molecule has 0 atom stereocenters. The van der Waals surface area contributed by atoms with E-state index in [-0.39, 0.29) is 6.61 Å². The number of aryl methyl sites for hydroxylation is 1. The molecule has 0 unspecified atom stereocenters. The normalized spacial score (nSPS) is 11.2. The predicted octanol–water partition coefficient (Wildman–Crippen LogP) is 0.0727. The highest BCUT2D eigenvalue weighted by Crippen LogP contribution is 2.02. The summed E-state index contributed by atoms with van der Waals surface area (Å²) in [6, 6.07) is 0. The van der Waals surface area contributed by atoms with Crippen LogP contribution in [0.15, 0.2) is 4.52 Å². The van der Waals surface area contributed by atoms with Crippen LogP contribution in [0.25, 0.3) is 0 Å². The second-order valence-corrected chi connectivity index (χ2v) is 3.45. The topological polar surface area (TPSA) is 71.6 Å². The van der Waals surface area contributed by atoms with Crippen LogP contribution in [0.1, 0.15) is 18.6 Å². The van der Waals surface area contributed by atoms with Crippen molar-refractivity contribution in [1.82, 2.24) is 15.0 Å². The van der Waals surface area contributed by atoms with E-state index < -0.39 is 0 Å². The molecule has 6 nitrogen and oxygen atoms in total. The van der Waals surface area contributed by atoms with Gasteiger partial charge in [-0.3, -0.25) is 4.90 Å². The monoisotopic (exact) mass is 229 g/mol. The van der Waals surface area contributed by atoms with Gasteiger partial charge in [0.05, 0.1) is 19.8 Å². The quantitative estimate of drug-likeness (QED) is 0.680. The van der Waals surface area contributed by atoms with Gasteiger partial charge in [0.2, 0.25) is 5.89 Å². The summed E-state index contributed by atoms with van der Waals surface area (Å²) in [5, 5.41) is 12.8. The van der Waals surface area contributed by atoms with Gasteiger partial charge in [-0.15, -0.1) is 0 Å². The number of aliphatic hydroxyl groups excluding tert-OH is 1. The van der Waals surface area contributed by atoms with Crippen LogP contribution >= 0.6 is 0 Å². The minimum absolute atomic E-state index is 0.113. The molecule has 16 heavy (non-hydrogen) atoms. The van der Waals surface area contributed by atoms with Gasteiger partial charge in [-0.05, 0) is 0 Å². The summed E-state index contributed by atoms with van der Waals surface area (Å²) in [6.45, 7) is 4.61. The van der Waals surface area contributed by atoms with Crippen LogP contribution < -0.4 is 0 Å². The van der Waals surface area contributed by atoms with Gasteiger partial charge < -0.3 is 14.4 Å². The van der Waals surface area contributed by atoms with Gasteiger partial charge in [0.1, 0.15) is 0 Å². The number of nitrogens with zero attached hydrogens (tertiary/aromatic N) is 3. The number of ether oxygens (including phenoxy) is 1. The van der Waals surface area contributed by atoms with Crippen molar-refractivity contribution < 1.29 is 14.4 Å². The lowest BCUT2D eigenvalue weighted by atomic mass is 10.4. The summed E-state index contributed by atoms with van der Waals surface area (Å²) in [5.41, 5.74) is 0. The third-order valence-corrected chi connectivity index (χ3v) is 2.21. The average Bonchev–Trinajstić information content (AvgIpc) is 2.74. The maximum absolute atomic E-state index is 8.92. The van der Waals surface area contributed by atoms with Crippen molar-refractivity contribution >= 4 is 0 Å². The summed E-state index contributed by atoms with van der Waals surface area (Å²) in [6.07, 6.45) is 0.741. The van der Waals surface area contributed by atoms with E-state index in [0.717, 1.165) is 13.0 Å². The Hall–Kier alpha value is -0.980. The molecule has 0 aliphatic heterocycles. The Kier molecular flexibility index (Phi) is 5.99. The molecule has 1 N–H and O–H groups in total. The van der Waals surface area contributed by atoms with E-state index in [1.807, 2.05) is 11.8 Å². The smallest absolute Gasteiger partial charge is 0.226 e. The first-order chi connectivity index (χ1) is 7.80. The van der Waals surface area contributed by atoms with Crippen molar-refractivity contribution in [3.8, 4) is 0 Å². The zero-order valence-corrected chi connectivity index (χ0v) is 9.85. The van der Waals surface area contributed by atoms with Gasteiger partial charge in [0.25, 0.3) is 0 Å². The third kappa shape index (κ3) is 4.26. The van der Waals surface area contributed by atoms with Gasteiger partial charge in [-0.2, -0.15) is 4.98 Å². The fraction of sp³-hybridized carbons (Fsp3) is 0.800. The Morgan fingerprint density at radius 2 is 2.25 bits per heavy atom. The van der Waals surface area contributed by atoms with Crippen LogP contribution in [0.2, 0.25) is 0 Å². The lowest BCUT2D eigenvalue weighted by molar-refractivity contribution is 0.124. The van der Waals surface area contributed by atoms with Gasteiger partial charge in [-0.1, -0.05) is 12.1 Å². The molecule has 92 valence electrons. The SMILES string of the molecule is CCc1nc(CN(CCO)CCOC)no1. The number of hydrogen-bond donors (Lipinski definition) is 1. The highest BCUT2D eigenvalue weighted by molar-refractivity contribution is 4.85. The van der Waals surface area contributed by atoms with Crippen molar-refractivity contribution in [3.05, 3.63) is 11.7 Å². The Morgan fingerprint density at radius 1 is 1.44 bits per heavy atom. The van der Waals surface area contributed by atoms with E-state index in [1.54, 1.807) is 7.11 Å². The largest absolute Gasteiger partial charge is 0.395 e. The number of rotatable bonds is 8. The van der Waals surface area contributed by atoms with Gasteiger partial charge in [0, 0.05) is 26.6 Å². The molecule has 1 aromatic rings. The fourth-order valence-electron chi connectivity index (χ4n) is 1.33. The van der Waals surface area contributed by atoms with Crippen molar-refractivity contribution in [1.29, 1.82) is 0 Å². The zero-order chi connectivity index (χ0) is 11.8. The fourth-order valence-corrected chi connectivity index (χ4v) is 1.33. The van der Waals surface area contributed by atoms with Gasteiger partial charge >= 0.3 is 0 Å². The minimum Gasteiger partial charge on any atom is -0.395 e. The highest BCUT2D eigenvalue weighted by Gasteiger charge is 2.10. The Morgan fingerprint density at radius 3 is 2.81 bits per heavy atom. The first-order valence-corrected chi connectivity index (χ1v) is 5.43. The summed E-state index contributed by atoms with van der Waals surface area (Å²) in [7, 11) is 1.65. The van der Waals surface area contributed by atoms with Crippen molar-refractivity contribution in [2.45, 2.75) is 19.9 Å². The lowest BCUT2D eigenvalue weighted by Crippen LogP contribution is -2.30. The van der Waals surface area contributed by atoms with E-state index in [2.05, 4.69) is 10.1 Å². The molecule has 0 saturated carbocycles. The molecule has 0 saturated heterocycles. The zero-order valence-electron chi connectivity index (χ0n) is 9.85. The van der Waals surface area contributed by atoms with Crippen LogP contribution in [0.4, 0.5) is 0 Å². The van der Waals surface area contributed by atoms with Crippen LogP contribution in [-0.4, -0.2) is 53.6 Å². The Balaban J connectivity index is 2.46. The van der Waals surface area contributed by atoms with E-state index in [9.17, 15) is 0 Å². The molecule has 0 bridgehead atoms. The number of aliphatic hydroxyl groups is 1. The second kappa shape index (κ2) is 7.32. The molecule has 6 heteroatoms. The first kappa shape index (κ1) is 13.1. The van der Waals surface area contributed by atoms with E-state index in [0.29, 0.717) is 31.4 Å². The number of aromatic nitrogens is 2. The predicted molar refractivity (Wildman–Crippen MR) is 57.9 cm³/mol. The lowest BCUT2D eigenvalue weighted by Gasteiger charge is -2.18. The molecule has 1 rings (SSSR count). The first-order valence-electron chi connectivity index (χ1n) is 5.43. The summed E-state index contributed by atoms with van der Waals surface area (Å²) >= 11 is 0.